The third-order valence-corrected chi connectivity index (χ3v) is 7.43. The molecule has 1 aromatic carbocycles. The van der Waals surface area contributed by atoms with Crippen molar-refractivity contribution in [2.45, 2.75) is 65.8 Å². The number of carbonyl (C=O) groups excluding carboxylic acids is 1. The zero-order valence-corrected chi connectivity index (χ0v) is 22.9. The lowest BCUT2D eigenvalue weighted by Crippen LogP contribution is -2.55. The normalized spacial score (nSPS) is 12.6. The number of thiophene rings is 1. The van der Waals surface area contributed by atoms with Crippen LogP contribution in [0.1, 0.15) is 61.5 Å². The molecule has 0 aliphatic heterocycles. The minimum Gasteiger partial charge on any atom is -0.496 e. The van der Waals surface area contributed by atoms with Crippen LogP contribution in [-0.2, 0) is 21.6 Å². The van der Waals surface area contributed by atoms with Crippen LogP contribution in [-0.4, -0.2) is 45.9 Å². The highest BCUT2D eigenvalue weighted by molar-refractivity contribution is 7.20. The van der Waals surface area contributed by atoms with Gasteiger partial charge in [0.1, 0.15) is 27.1 Å². The van der Waals surface area contributed by atoms with Crippen LogP contribution < -0.4 is 21.3 Å². The molecule has 0 radical (unpaired) electrons. The molecular weight excluding hydrogens is 498 g/mol. The highest BCUT2D eigenvalue weighted by Gasteiger charge is 2.36. The maximum absolute atomic E-state index is 14.0. The highest BCUT2D eigenvalue weighted by Crippen LogP contribution is 2.33. The Hall–Kier alpha value is -3.44. The van der Waals surface area contributed by atoms with E-state index in [1.807, 2.05) is 32.0 Å². The molecule has 1 atom stereocenters. The summed E-state index contributed by atoms with van der Waals surface area (Å²) in [7, 11) is 1.53. The zero-order valence-electron chi connectivity index (χ0n) is 22.1. The molecule has 0 saturated carbocycles. The van der Waals surface area contributed by atoms with Crippen molar-refractivity contribution in [1.29, 1.82) is 0 Å². The van der Waals surface area contributed by atoms with Gasteiger partial charge in [0.2, 0.25) is 5.91 Å². The Morgan fingerprint density at radius 1 is 1.19 bits per heavy atom. The van der Waals surface area contributed by atoms with E-state index in [9.17, 15) is 24.3 Å². The van der Waals surface area contributed by atoms with Crippen molar-refractivity contribution < 1.29 is 24.2 Å². The number of nitrogens with one attached hydrogen (secondary N) is 1. The van der Waals surface area contributed by atoms with Crippen LogP contribution >= 0.6 is 11.3 Å². The van der Waals surface area contributed by atoms with Gasteiger partial charge in [-0.05, 0) is 53.2 Å². The quantitative estimate of drug-likeness (QED) is 0.411. The lowest BCUT2D eigenvalue weighted by atomic mass is 10.0. The van der Waals surface area contributed by atoms with Crippen molar-refractivity contribution >= 4 is 33.4 Å². The van der Waals surface area contributed by atoms with Crippen molar-refractivity contribution in [1.82, 2.24) is 14.5 Å². The van der Waals surface area contributed by atoms with E-state index in [4.69, 9.17) is 9.47 Å². The number of hydrogen-bond acceptors (Lipinski definition) is 7. The van der Waals surface area contributed by atoms with Gasteiger partial charge in [-0.1, -0.05) is 18.2 Å². The summed E-state index contributed by atoms with van der Waals surface area (Å²) >= 11 is 0.854. The molecule has 37 heavy (non-hydrogen) atoms. The molecule has 3 rings (SSSR count). The molecular formula is C26H33N3O7S. The Bertz CT molecular complexity index is 1450. The first-order valence-corrected chi connectivity index (χ1v) is 12.8. The van der Waals surface area contributed by atoms with Crippen LogP contribution in [0.4, 0.5) is 0 Å². The van der Waals surface area contributed by atoms with E-state index in [0.29, 0.717) is 17.9 Å². The van der Waals surface area contributed by atoms with Gasteiger partial charge in [0.05, 0.1) is 25.1 Å². The van der Waals surface area contributed by atoms with E-state index < -0.39 is 34.8 Å². The molecule has 0 aliphatic rings. The summed E-state index contributed by atoms with van der Waals surface area (Å²) in [6.45, 7) is 10.2. The summed E-state index contributed by atoms with van der Waals surface area (Å²) in [5.74, 6) is -1.15. The molecule has 10 nitrogen and oxygen atoms in total. The van der Waals surface area contributed by atoms with Gasteiger partial charge in [-0.3, -0.25) is 14.2 Å². The number of amides is 1. The number of rotatable bonds is 10. The van der Waals surface area contributed by atoms with E-state index in [-0.39, 0.29) is 33.3 Å². The van der Waals surface area contributed by atoms with Gasteiger partial charge >= 0.3 is 11.7 Å². The average molecular weight is 532 g/mol. The number of aromatic carboxylic acids is 1. The number of aryl methyl sites for hydroxylation is 1. The Kier molecular flexibility index (Phi) is 8.28. The van der Waals surface area contributed by atoms with Crippen molar-refractivity contribution in [3.8, 4) is 5.75 Å². The summed E-state index contributed by atoms with van der Waals surface area (Å²) in [5, 5.41) is 12.5. The first-order valence-electron chi connectivity index (χ1n) is 12.0. The Labute approximate surface area is 218 Å². The standard InChI is InChI=1S/C26H33N3O7S/c1-8-27-24(33)26(5,6)29-21(30)19-15(4)20(23(31)32)37-22(19)28(25(29)34)13-18(36-14(2)3)16-11-9-10-12-17(16)35-7/h9-12,14,18H,8,13H2,1-7H3,(H,27,33)(H,31,32)/t18-/m0/s1. The molecule has 0 spiro atoms. The molecule has 3 aromatic rings. The van der Waals surface area contributed by atoms with Crippen molar-refractivity contribution in [2.24, 2.45) is 0 Å². The van der Waals surface area contributed by atoms with Crippen molar-refractivity contribution in [2.75, 3.05) is 13.7 Å². The summed E-state index contributed by atoms with van der Waals surface area (Å²) in [5.41, 5.74) is -2.07. The summed E-state index contributed by atoms with van der Waals surface area (Å²) in [6, 6.07) is 7.24. The summed E-state index contributed by atoms with van der Waals surface area (Å²) < 4.78 is 14.0. The number of aromatic nitrogens is 2. The monoisotopic (exact) mass is 531 g/mol. The van der Waals surface area contributed by atoms with Gasteiger partial charge in [0, 0.05) is 12.1 Å². The van der Waals surface area contributed by atoms with Crippen molar-refractivity contribution in [3.63, 3.8) is 0 Å². The molecule has 0 saturated heterocycles. The second-order valence-corrected chi connectivity index (χ2v) is 10.4. The van der Waals surface area contributed by atoms with Crippen molar-refractivity contribution in [3.05, 3.63) is 61.1 Å². The maximum Gasteiger partial charge on any atom is 0.346 e. The fraction of sp³-hybridized carbons (Fsp3) is 0.462. The first kappa shape index (κ1) is 28.1. The zero-order chi connectivity index (χ0) is 27.7. The fourth-order valence-electron chi connectivity index (χ4n) is 4.32. The largest absolute Gasteiger partial charge is 0.496 e. The molecule has 1 amide bonds. The highest BCUT2D eigenvalue weighted by atomic mass is 32.1. The smallest absolute Gasteiger partial charge is 0.346 e. The molecule has 0 unspecified atom stereocenters. The minimum atomic E-state index is -1.54. The number of para-hydroxylation sites is 1. The average Bonchev–Trinajstić information content (AvgIpc) is 3.18. The predicted molar refractivity (Wildman–Crippen MR) is 142 cm³/mol. The molecule has 2 aromatic heterocycles. The number of carboxylic acid groups (broad SMARTS) is 1. The second kappa shape index (κ2) is 10.9. The van der Waals surface area contributed by atoms with Crippen LogP contribution in [0, 0.1) is 6.92 Å². The van der Waals surface area contributed by atoms with Gasteiger partial charge in [0.25, 0.3) is 5.56 Å². The third-order valence-electron chi connectivity index (χ3n) is 6.13. The van der Waals surface area contributed by atoms with E-state index in [1.54, 1.807) is 13.0 Å². The van der Waals surface area contributed by atoms with E-state index >= 15 is 0 Å². The number of likely N-dealkylation sites (N-methyl/N-ethyl adjacent to an activating group) is 1. The fourth-order valence-corrected chi connectivity index (χ4v) is 5.47. The van der Waals surface area contributed by atoms with Gasteiger partial charge in [-0.15, -0.1) is 11.3 Å². The molecule has 0 fully saturated rings. The Morgan fingerprint density at radius 3 is 2.41 bits per heavy atom. The number of carbonyl (C=O) groups is 2. The number of fused-ring (bicyclic) bond motifs is 1. The van der Waals surface area contributed by atoms with Crippen LogP contribution in [0.3, 0.4) is 0 Å². The van der Waals surface area contributed by atoms with E-state index in [0.717, 1.165) is 15.9 Å². The van der Waals surface area contributed by atoms with E-state index in [1.165, 1.54) is 32.4 Å². The summed E-state index contributed by atoms with van der Waals surface area (Å²) in [4.78, 5) is 52.7. The topological polar surface area (TPSA) is 129 Å². The minimum absolute atomic E-state index is 0.0430. The number of hydrogen-bond donors (Lipinski definition) is 2. The number of benzene rings is 1. The third kappa shape index (κ3) is 5.19. The number of ether oxygens (including phenoxy) is 2. The summed E-state index contributed by atoms with van der Waals surface area (Å²) in [6.07, 6.45) is -0.898. The Morgan fingerprint density at radius 2 is 1.84 bits per heavy atom. The number of methoxy groups -OCH3 is 1. The molecule has 200 valence electrons. The molecule has 11 heteroatoms. The van der Waals surface area contributed by atoms with Gasteiger partial charge in [0.15, 0.2) is 0 Å². The lowest BCUT2D eigenvalue weighted by Gasteiger charge is -2.28. The van der Waals surface area contributed by atoms with Gasteiger partial charge in [-0.2, -0.15) is 0 Å². The second-order valence-electron chi connectivity index (χ2n) is 9.41. The Balaban J connectivity index is 2.40. The van der Waals surface area contributed by atoms with Gasteiger partial charge < -0.3 is 19.9 Å². The van der Waals surface area contributed by atoms with Crippen LogP contribution in [0.15, 0.2) is 33.9 Å². The van der Waals surface area contributed by atoms with Crippen LogP contribution in [0.25, 0.3) is 10.2 Å². The molecule has 0 bridgehead atoms. The molecule has 2 heterocycles. The predicted octanol–water partition coefficient (Wildman–Crippen LogP) is 3.28. The van der Waals surface area contributed by atoms with Gasteiger partial charge in [-0.25, -0.2) is 14.2 Å². The molecule has 2 N–H and O–H groups in total. The van der Waals surface area contributed by atoms with Crippen LogP contribution in [0.5, 0.6) is 5.75 Å². The molecule has 0 aliphatic carbocycles. The first-order chi connectivity index (χ1) is 17.4. The van der Waals surface area contributed by atoms with E-state index in [2.05, 4.69) is 5.32 Å². The lowest BCUT2D eigenvalue weighted by molar-refractivity contribution is -0.128. The number of nitrogens with zero attached hydrogens (tertiary/aromatic N) is 2. The SMILES string of the molecule is CCNC(=O)C(C)(C)n1c(=O)c2c(C)c(C(=O)O)sc2n(C[C@H](OC(C)C)c2ccccc2OC)c1=O. The maximum atomic E-state index is 14.0. The van der Waals surface area contributed by atoms with Crippen LogP contribution in [0.2, 0.25) is 0 Å². The number of carboxylic acids is 1.